The molecule has 1 N–H and O–H groups in total. The van der Waals surface area contributed by atoms with Crippen molar-refractivity contribution < 1.29 is 9.90 Å². The summed E-state index contributed by atoms with van der Waals surface area (Å²) in [5, 5.41) is 11.3. The van der Waals surface area contributed by atoms with E-state index in [1.165, 1.54) is 0 Å². The smallest absolute Gasteiger partial charge is 0.255 e. The van der Waals surface area contributed by atoms with Gasteiger partial charge in [0.1, 0.15) is 0 Å². The minimum atomic E-state index is -0.402. The Bertz CT molecular complexity index is 609. The lowest BCUT2D eigenvalue weighted by Crippen LogP contribution is -2.30. The molecule has 0 saturated heterocycles. The number of thiophene rings is 1. The van der Waals surface area contributed by atoms with Crippen LogP contribution in [-0.4, -0.2) is 40.6 Å². The third-order valence-electron chi connectivity index (χ3n) is 3.32. The van der Waals surface area contributed by atoms with Crippen molar-refractivity contribution in [3.63, 3.8) is 0 Å². The highest BCUT2D eigenvalue weighted by Gasteiger charge is 2.16. The number of hydrogen-bond donors (Lipinski definition) is 1. The molecule has 0 aromatic carbocycles. The van der Waals surface area contributed by atoms with E-state index in [-0.39, 0.29) is 5.91 Å². The number of aromatic nitrogens is 1. The quantitative estimate of drug-likeness (QED) is 0.924. The molecule has 1 atom stereocenters. The molecular formula is C16H20N2O2S. The molecule has 2 aromatic rings. The fraction of sp³-hybridized carbons (Fsp3) is 0.375. The number of amides is 1. The molecule has 0 aliphatic carbocycles. The van der Waals surface area contributed by atoms with E-state index in [0.29, 0.717) is 18.5 Å². The van der Waals surface area contributed by atoms with Gasteiger partial charge in [-0.15, -0.1) is 11.3 Å². The second-order valence-corrected chi connectivity index (χ2v) is 6.12. The molecule has 0 spiro atoms. The van der Waals surface area contributed by atoms with E-state index < -0.39 is 6.10 Å². The van der Waals surface area contributed by atoms with Crippen molar-refractivity contribution in [2.75, 3.05) is 13.6 Å². The van der Waals surface area contributed by atoms with Crippen LogP contribution in [0, 0.1) is 6.92 Å². The molecule has 0 bridgehead atoms. The van der Waals surface area contributed by atoms with E-state index in [2.05, 4.69) is 4.98 Å². The first-order valence-corrected chi connectivity index (χ1v) is 7.82. The van der Waals surface area contributed by atoms with Gasteiger partial charge in [0.05, 0.1) is 27.9 Å². The average Bonchev–Trinajstić information content (AvgIpc) is 2.98. The molecule has 2 rings (SSSR count). The van der Waals surface area contributed by atoms with Crippen LogP contribution in [0.2, 0.25) is 0 Å². The topological polar surface area (TPSA) is 53.4 Å². The zero-order valence-electron chi connectivity index (χ0n) is 12.5. The summed E-state index contributed by atoms with van der Waals surface area (Å²) in [5.74, 6) is -0.0571. The molecule has 1 amide bonds. The number of aliphatic hydroxyl groups is 1. The van der Waals surface area contributed by atoms with E-state index in [4.69, 9.17) is 0 Å². The van der Waals surface area contributed by atoms with Gasteiger partial charge in [0, 0.05) is 13.6 Å². The van der Waals surface area contributed by atoms with Crippen molar-refractivity contribution in [3.05, 3.63) is 40.9 Å². The van der Waals surface area contributed by atoms with Crippen molar-refractivity contribution >= 4 is 17.2 Å². The minimum absolute atomic E-state index is 0.0571. The maximum Gasteiger partial charge on any atom is 0.255 e. The molecule has 0 aliphatic rings. The summed E-state index contributed by atoms with van der Waals surface area (Å²) in [4.78, 5) is 19.6. The van der Waals surface area contributed by atoms with E-state index in [1.807, 2.05) is 36.6 Å². The van der Waals surface area contributed by atoms with Gasteiger partial charge < -0.3 is 10.0 Å². The van der Waals surface area contributed by atoms with Crippen molar-refractivity contribution in [1.82, 2.24) is 9.88 Å². The molecule has 21 heavy (non-hydrogen) atoms. The Balaban J connectivity index is 2.15. The lowest BCUT2D eigenvalue weighted by atomic mass is 10.1. The standard InChI is InChI=1S/C16H20N2O2S/c1-11(19)8-9-18(3)16(20)13-6-7-14(17-12(13)2)15-5-4-10-21-15/h4-7,10-11,19H,8-9H2,1-3H3. The number of aryl methyl sites for hydroxylation is 1. The van der Waals surface area contributed by atoms with Crippen LogP contribution in [0.15, 0.2) is 29.6 Å². The van der Waals surface area contributed by atoms with Gasteiger partial charge in [-0.2, -0.15) is 0 Å². The molecule has 2 heterocycles. The lowest BCUT2D eigenvalue weighted by Gasteiger charge is -2.19. The van der Waals surface area contributed by atoms with E-state index in [0.717, 1.165) is 16.3 Å². The molecule has 2 aromatic heterocycles. The SMILES string of the molecule is Cc1nc(-c2cccs2)ccc1C(=O)N(C)CCC(C)O. The van der Waals surface area contributed by atoms with Crippen LogP contribution in [0.1, 0.15) is 29.4 Å². The van der Waals surface area contributed by atoms with Gasteiger partial charge in [-0.25, -0.2) is 0 Å². The molecule has 5 heteroatoms. The molecule has 0 saturated carbocycles. The van der Waals surface area contributed by atoms with Crippen molar-refractivity contribution in [2.24, 2.45) is 0 Å². The number of rotatable bonds is 5. The Morgan fingerprint density at radius 2 is 2.19 bits per heavy atom. The molecular weight excluding hydrogens is 284 g/mol. The fourth-order valence-corrected chi connectivity index (χ4v) is 2.73. The molecule has 0 radical (unpaired) electrons. The highest BCUT2D eigenvalue weighted by atomic mass is 32.1. The number of aliphatic hydroxyl groups excluding tert-OH is 1. The second kappa shape index (κ2) is 6.83. The summed E-state index contributed by atoms with van der Waals surface area (Å²) in [6.45, 7) is 4.11. The number of hydrogen-bond acceptors (Lipinski definition) is 4. The van der Waals surface area contributed by atoms with Gasteiger partial charge in [0.25, 0.3) is 5.91 Å². The molecule has 4 nitrogen and oxygen atoms in total. The van der Waals surface area contributed by atoms with Crippen LogP contribution in [0.5, 0.6) is 0 Å². The van der Waals surface area contributed by atoms with Gasteiger partial charge in [-0.05, 0) is 43.8 Å². The number of pyridine rings is 1. The number of carbonyl (C=O) groups excluding carboxylic acids is 1. The third kappa shape index (κ3) is 3.89. The largest absolute Gasteiger partial charge is 0.393 e. The number of nitrogens with zero attached hydrogens (tertiary/aromatic N) is 2. The van der Waals surface area contributed by atoms with E-state index in [1.54, 1.807) is 30.2 Å². The van der Waals surface area contributed by atoms with Gasteiger partial charge in [0.15, 0.2) is 0 Å². The Kier molecular flexibility index (Phi) is 5.09. The predicted molar refractivity (Wildman–Crippen MR) is 85.5 cm³/mol. The first-order chi connectivity index (χ1) is 9.99. The van der Waals surface area contributed by atoms with Crippen LogP contribution in [0.3, 0.4) is 0 Å². The number of carbonyl (C=O) groups is 1. The lowest BCUT2D eigenvalue weighted by molar-refractivity contribution is 0.0768. The summed E-state index contributed by atoms with van der Waals surface area (Å²) in [5.41, 5.74) is 2.24. The Morgan fingerprint density at radius 1 is 1.43 bits per heavy atom. The van der Waals surface area contributed by atoms with E-state index in [9.17, 15) is 9.90 Å². The van der Waals surface area contributed by atoms with Gasteiger partial charge >= 0.3 is 0 Å². The second-order valence-electron chi connectivity index (χ2n) is 5.17. The van der Waals surface area contributed by atoms with Crippen molar-refractivity contribution in [1.29, 1.82) is 0 Å². The molecule has 112 valence electrons. The normalized spacial score (nSPS) is 12.2. The Morgan fingerprint density at radius 3 is 2.76 bits per heavy atom. The van der Waals surface area contributed by atoms with Gasteiger partial charge in [-0.3, -0.25) is 9.78 Å². The zero-order valence-corrected chi connectivity index (χ0v) is 13.4. The highest BCUT2D eigenvalue weighted by Crippen LogP contribution is 2.24. The van der Waals surface area contributed by atoms with Gasteiger partial charge in [0.2, 0.25) is 0 Å². The van der Waals surface area contributed by atoms with Crippen LogP contribution in [-0.2, 0) is 0 Å². The van der Waals surface area contributed by atoms with Gasteiger partial charge in [-0.1, -0.05) is 6.07 Å². The maximum absolute atomic E-state index is 12.4. The summed E-state index contributed by atoms with van der Waals surface area (Å²) >= 11 is 1.63. The third-order valence-corrected chi connectivity index (χ3v) is 4.21. The summed E-state index contributed by atoms with van der Waals surface area (Å²) in [6, 6.07) is 7.72. The van der Waals surface area contributed by atoms with Crippen LogP contribution in [0.4, 0.5) is 0 Å². The predicted octanol–water partition coefficient (Wildman–Crippen LogP) is 2.96. The molecule has 0 fully saturated rings. The van der Waals surface area contributed by atoms with Crippen molar-refractivity contribution in [3.8, 4) is 10.6 Å². The van der Waals surface area contributed by atoms with E-state index >= 15 is 0 Å². The minimum Gasteiger partial charge on any atom is -0.393 e. The van der Waals surface area contributed by atoms with Crippen LogP contribution in [0.25, 0.3) is 10.6 Å². The summed E-state index contributed by atoms with van der Waals surface area (Å²) in [7, 11) is 1.75. The first kappa shape index (κ1) is 15.7. The average molecular weight is 304 g/mol. The maximum atomic E-state index is 12.4. The van der Waals surface area contributed by atoms with Crippen LogP contribution >= 0.6 is 11.3 Å². The Hall–Kier alpha value is -1.72. The Labute approximate surface area is 129 Å². The molecule has 0 aliphatic heterocycles. The van der Waals surface area contributed by atoms with Crippen molar-refractivity contribution in [2.45, 2.75) is 26.4 Å². The fourth-order valence-electron chi connectivity index (χ4n) is 2.04. The monoisotopic (exact) mass is 304 g/mol. The summed E-state index contributed by atoms with van der Waals surface area (Å²) in [6.07, 6.45) is 0.169. The molecule has 1 unspecified atom stereocenters. The van der Waals surface area contributed by atoms with Crippen LogP contribution < -0.4 is 0 Å². The first-order valence-electron chi connectivity index (χ1n) is 6.94. The highest BCUT2D eigenvalue weighted by molar-refractivity contribution is 7.13. The zero-order chi connectivity index (χ0) is 15.4. The summed E-state index contributed by atoms with van der Waals surface area (Å²) < 4.78 is 0.